The third kappa shape index (κ3) is 1.93. The molecule has 0 amide bonds. The standard InChI is InChI=1S/C15H20N2O/c16-17-14(13-8-4-5-11-18-13)15(9-10-15)12-6-2-1-3-7-12/h1-3,6-8,14,17H,4-5,9-11,16H2. The zero-order valence-electron chi connectivity index (χ0n) is 10.6. The molecule has 3 N–H and O–H groups in total. The number of nitrogens with two attached hydrogens (primary N) is 1. The summed E-state index contributed by atoms with van der Waals surface area (Å²) in [7, 11) is 0. The van der Waals surface area contributed by atoms with E-state index in [9.17, 15) is 0 Å². The highest BCUT2D eigenvalue weighted by molar-refractivity contribution is 5.37. The van der Waals surface area contributed by atoms with Crippen LogP contribution >= 0.6 is 0 Å². The van der Waals surface area contributed by atoms with Gasteiger partial charge in [-0.15, -0.1) is 0 Å². The summed E-state index contributed by atoms with van der Waals surface area (Å²) >= 11 is 0. The van der Waals surface area contributed by atoms with Gasteiger partial charge >= 0.3 is 0 Å². The highest BCUT2D eigenvalue weighted by atomic mass is 16.5. The average molecular weight is 244 g/mol. The summed E-state index contributed by atoms with van der Waals surface area (Å²) in [5, 5.41) is 0. The van der Waals surface area contributed by atoms with Crippen molar-refractivity contribution in [2.75, 3.05) is 6.61 Å². The lowest BCUT2D eigenvalue weighted by Gasteiger charge is -2.30. The third-order valence-electron chi connectivity index (χ3n) is 4.10. The second kappa shape index (κ2) is 4.75. The molecule has 1 unspecified atom stereocenters. The van der Waals surface area contributed by atoms with Crippen molar-refractivity contribution < 1.29 is 4.74 Å². The second-order valence-electron chi connectivity index (χ2n) is 5.22. The normalized spacial score (nSPS) is 22.8. The van der Waals surface area contributed by atoms with E-state index in [-0.39, 0.29) is 11.5 Å². The van der Waals surface area contributed by atoms with Gasteiger partial charge in [-0.2, -0.15) is 0 Å². The van der Waals surface area contributed by atoms with Crippen LogP contribution in [0.5, 0.6) is 0 Å². The molecule has 2 aliphatic rings. The molecule has 18 heavy (non-hydrogen) atoms. The van der Waals surface area contributed by atoms with Gasteiger partial charge in [-0.1, -0.05) is 30.3 Å². The molecule has 1 aromatic carbocycles. The first-order valence-electron chi connectivity index (χ1n) is 6.71. The Hall–Kier alpha value is -1.32. The first-order valence-corrected chi connectivity index (χ1v) is 6.71. The molecule has 1 heterocycles. The molecule has 3 heteroatoms. The molecule has 0 radical (unpaired) electrons. The van der Waals surface area contributed by atoms with Crippen LogP contribution in [0.3, 0.4) is 0 Å². The minimum Gasteiger partial charge on any atom is -0.497 e. The van der Waals surface area contributed by atoms with Gasteiger partial charge in [-0.05, 0) is 37.3 Å². The van der Waals surface area contributed by atoms with E-state index in [0.29, 0.717) is 0 Å². The Kier molecular flexibility index (Phi) is 3.10. The van der Waals surface area contributed by atoms with E-state index in [2.05, 4.69) is 41.8 Å². The quantitative estimate of drug-likeness (QED) is 0.631. The Labute approximate surface area is 108 Å². The third-order valence-corrected chi connectivity index (χ3v) is 4.10. The monoisotopic (exact) mass is 244 g/mol. The van der Waals surface area contributed by atoms with E-state index in [4.69, 9.17) is 10.6 Å². The number of hydrazine groups is 1. The number of hydrogen-bond acceptors (Lipinski definition) is 3. The maximum Gasteiger partial charge on any atom is 0.111 e. The van der Waals surface area contributed by atoms with E-state index in [1.54, 1.807) is 0 Å². The average Bonchev–Trinajstić information content (AvgIpc) is 3.24. The number of benzene rings is 1. The van der Waals surface area contributed by atoms with Gasteiger partial charge in [-0.25, -0.2) is 5.43 Å². The topological polar surface area (TPSA) is 47.3 Å². The highest BCUT2D eigenvalue weighted by Crippen LogP contribution is 2.52. The van der Waals surface area contributed by atoms with Crippen LogP contribution in [0.15, 0.2) is 42.2 Å². The first kappa shape index (κ1) is 11.8. The molecule has 1 atom stereocenters. The smallest absolute Gasteiger partial charge is 0.111 e. The van der Waals surface area contributed by atoms with Gasteiger partial charge < -0.3 is 4.74 Å². The molecule has 0 spiro atoms. The Bertz CT molecular complexity index is 437. The fraction of sp³-hybridized carbons (Fsp3) is 0.467. The van der Waals surface area contributed by atoms with Crippen molar-refractivity contribution in [3.8, 4) is 0 Å². The number of rotatable bonds is 4. The van der Waals surface area contributed by atoms with Gasteiger partial charge in [0.05, 0.1) is 12.6 Å². The van der Waals surface area contributed by atoms with Crippen molar-refractivity contribution in [1.82, 2.24) is 5.43 Å². The minimum atomic E-state index is 0.111. The molecule has 0 aromatic heterocycles. The molecule has 1 aliphatic carbocycles. The molecule has 1 aromatic rings. The lowest BCUT2D eigenvalue weighted by molar-refractivity contribution is 0.157. The summed E-state index contributed by atoms with van der Waals surface area (Å²) < 4.78 is 5.80. The van der Waals surface area contributed by atoms with E-state index in [1.165, 1.54) is 18.4 Å². The van der Waals surface area contributed by atoms with Crippen LogP contribution in [0.25, 0.3) is 0 Å². The molecular formula is C15H20N2O. The first-order chi connectivity index (χ1) is 8.87. The lowest BCUT2D eigenvalue weighted by atomic mass is 9.86. The molecule has 0 saturated heterocycles. The molecule has 1 saturated carbocycles. The van der Waals surface area contributed by atoms with E-state index >= 15 is 0 Å². The van der Waals surface area contributed by atoms with Gasteiger partial charge in [0.2, 0.25) is 0 Å². The SMILES string of the molecule is NNC(C1=CCCCO1)C1(c2ccccc2)CC1. The maximum absolute atomic E-state index is 5.80. The molecule has 1 aliphatic heterocycles. The van der Waals surface area contributed by atoms with Crippen molar-refractivity contribution in [1.29, 1.82) is 0 Å². The van der Waals surface area contributed by atoms with Gasteiger partial charge in [-0.3, -0.25) is 5.84 Å². The zero-order chi connectivity index (χ0) is 12.4. The predicted octanol–water partition coefficient (Wildman–Crippen LogP) is 2.24. The summed E-state index contributed by atoms with van der Waals surface area (Å²) in [5.41, 5.74) is 4.48. The van der Waals surface area contributed by atoms with Crippen molar-refractivity contribution in [2.45, 2.75) is 37.1 Å². The molecule has 96 valence electrons. The Morgan fingerprint density at radius 1 is 1.22 bits per heavy atom. The predicted molar refractivity (Wildman–Crippen MR) is 71.7 cm³/mol. The van der Waals surface area contributed by atoms with Gasteiger partial charge in [0.15, 0.2) is 0 Å². The van der Waals surface area contributed by atoms with Crippen molar-refractivity contribution >= 4 is 0 Å². The van der Waals surface area contributed by atoms with E-state index in [0.717, 1.165) is 25.2 Å². The summed E-state index contributed by atoms with van der Waals surface area (Å²) in [5.74, 6) is 6.83. The molecular weight excluding hydrogens is 224 g/mol. The second-order valence-corrected chi connectivity index (χ2v) is 5.22. The highest BCUT2D eigenvalue weighted by Gasteiger charge is 2.52. The zero-order valence-corrected chi connectivity index (χ0v) is 10.6. The van der Waals surface area contributed by atoms with Crippen LogP contribution < -0.4 is 11.3 Å². The van der Waals surface area contributed by atoms with Crippen LogP contribution in [-0.2, 0) is 10.2 Å². The van der Waals surface area contributed by atoms with E-state index in [1.807, 2.05) is 0 Å². The fourth-order valence-electron chi connectivity index (χ4n) is 2.94. The molecule has 3 rings (SSSR count). The molecule has 1 fully saturated rings. The minimum absolute atomic E-state index is 0.111. The van der Waals surface area contributed by atoms with Crippen LogP contribution in [0.1, 0.15) is 31.2 Å². The largest absolute Gasteiger partial charge is 0.497 e. The number of allylic oxidation sites excluding steroid dienone is 1. The summed E-state index contributed by atoms with van der Waals surface area (Å²) in [4.78, 5) is 0. The summed E-state index contributed by atoms with van der Waals surface area (Å²) in [6.45, 7) is 0.814. The fourth-order valence-corrected chi connectivity index (χ4v) is 2.94. The number of nitrogens with one attached hydrogen (secondary N) is 1. The summed E-state index contributed by atoms with van der Waals surface area (Å²) in [6.07, 6.45) is 6.74. The Morgan fingerprint density at radius 3 is 2.56 bits per heavy atom. The maximum atomic E-state index is 5.80. The van der Waals surface area contributed by atoms with Gasteiger partial charge in [0.1, 0.15) is 5.76 Å². The number of ether oxygens (including phenoxy) is 1. The lowest BCUT2D eigenvalue weighted by Crippen LogP contribution is -2.46. The molecule has 0 bridgehead atoms. The van der Waals surface area contributed by atoms with Crippen molar-refractivity contribution in [3.05, 3.63) is 47.7 Å². The van der Waals surface area contributed by atoms with Crippen LogP contribution in [0, 0.1) is 0 Å². The Morgan fingerprint density at radius 2 is 2.00 bits per heavy atom. The van der Waals surface area contributed by atoms with Crippen LogP contribution in [0.4, 0.5) is 0 Å². The Balaban J connectivity index is 1.90. The molecule has 3 nitrogen and oxygen atoms in total. The van der Waals surface area contributed by atoms with Crippen LogP contribution in [0.2, 0.25) is 0 Å². The van der Waals surface area contributed by atoms with Crippen molar-refractivity contribution in [2.24, 2.45) is 5.84 Å². The number of hydrogen-bond donors (Lipinski definition) is 2. The summed E-state index contributed by atoms with van der Waals surface area (Å²) in [6, 6.07) is 10.8. The van der Waals surface area contributed by atoms with Crippen molar-refractivity contribution in [3.63, 3.8) is 0 Å². The van der Waals surface area contributed by atoms with Crippen LogP contribution in [-0.4, -0.2) is 12.6 Å². The van der Waals surface area contributed by atoms with E-state index < -0.39 is 0 Å². The van der Waals surface area contributed by atoms with Gasteiger partial charge in [0, 0.05) is 5.41 Å². The van der Waals surface area contributed by atoms with Gasteiger partial charge in [0.25, 0.3) is 0 Å².